The molecule has 0 radical (unpaired) electrons. The summed E-state index contributed by atoms with van der Waals surface area (Å²) in [7, 11) is 0. The highest BCUT2D eigenvalue weighted by Gasteiger charge is 2.02. The van der Waals surface area contributed by atoms with Crippen LogP contribution >= 0.6 is 23.3 Å². The van der Waals surface area contributed by atoms with Crippen molar-refractivity contribution in [2.24, 2.45) is 0 Å². The molecule has 12 heavy (non-hydrogen) atoms. The smallest absolute Gasteiger partial charge is 0.233 e. The molecule has 1 unspecified atom stereocenters. The maximum atomic E-state index is 5.36. The maximum Gasteiger partial charge on any atom is 0.233 e. The molecule has 68 valence electrons. The molecule has 3 N–H and O–H groups in total. The van der Waals surface area contributed by atoms with E-state index in [1.807, 2.05) is 11.8 Å². The van der Waals surface area contributed by atoms with Crippen molar-refractivity contribution in [3.8, 4) is 0 Å². The Kier molecular flexibility index (Phi) is 3.61. The monoisotopic (exact) mass is 204 g/mol. The first-order valence-corrected chi connectivity index (χ1v) is 5.64. The van der Waals surface area contributed by atoms with Gasteiger partial charge in [-0.05, 0) is 6.26 Å². The van der Waals surface area contributed by atoms with E-state index in [2.05, 4.69) is 27.9 Å². The lowest BCUT2D eigenvalue weighted by Gasteiger charge is -2.07. The topological polar surface area (TPSA) is 63.8 Å². The van der Waals surface area contributed by atoms with Gasteiger partial charge in [0.25, 0.3) is 0 Å². The molecule has 0 bridgehead atoms. The van der Waals surface area contributed by atoms with Crippen LogP contribution in [0.5, 0.6) is 0 Å². The second kappa shape index (κ2) is 4.51. The number of aromatic nitrogens is 2. The third kappa shape index (κ3) is 2.86. The highest BCUT2D eigenvalue weighted by Crippen LogP contribution is 2.13. The molecule has 1 heterocycles. The molecule has 1 rings (SSSR count). The second-order valence-corrected chi connectivity index (χ2v) is 4.41. The van der Waals surface area contributed by atoms with E-state index in [4.69, 9.17) is 5.73 Å². The number of thioether (sulfide) groups is 1. The number of hydrogen-bond acceptors (Lipinski definition) is 6. The van der Waals surface area contributed by atoms with Gasteiger partial charge in [0.05, 0.1) is 0 Å². The van der Waals surface area contributed by atoms with Gasteiger partial charge in [0.2, 0.25) is 11.1 Å². The molecule has 0 aromatic carbocycles. The van der Waals surface area contributed by atoms with E-state index in [0.717, 1.165) is 11.7 Å². The zero-order valence-corrected chi connectivity index (χ0v) is 8.71. The van der Waals surface area contributed by atoms with Gasteiger partial charge in [0.1, 0.15) is 0 Å². The van der Waals surface area contributed by atoms with Crippen LogP contribution in [0.3, 0.4) is 0 Å². The molecule has 0 aliphatic heterocycles. The minimum absolute atomic E-state index is 0.347. The predicted octanol–water partition coefficient (Wildman–Crippen LogP) is 1.28. The van der Waals surface area contributed by atoms with Crippen molar-refractivity contribution in [3.05, 3.63) is 0 Å². The Morgan fingerprint density at radius 1 is 1.75 bits per heavy atom. The number of nitrogen functional groups attached to an aromatic ring is 1. The van der Waals surface area contributed by atoms with E-state index in [0.29, 0.717) is 11.2 Å². The average molecular weight is 204 g/mol. The minimum atomic E-state index is 0.347. The maximum absolute atomic E-state index is 5.36. The molecule has 0 fully saturated rings. The lowest BCUT2D eigenvalue weighted by Crippen LogP contribution is -2.12. The third-order valence-corrected chi connectivity index (χ3v) is 3.04. The summed E-state index contributed by atoms with van der Waals surface area (Å²) in [4.78, 5) is 3.98. The van der Waals surface area contributed by atoms with Crippen LogP contribution in [0, 0.1) is 0 Å². The minimum Gasteiger partial charge on any atom is -0.367 e. The number of nitrogens with zero attached hydrogens (tertiary/aromatic N) is 2. The summed E-state index contributed by atoms with van der Waals surface area (Å²) in [5.74, 6) is 0.347. The highest BCUT2D eigenvalue weighted by molar-refractivity contribution is 7.99. The molecule has 0 aliphatic rings. The third-order valence-electron chi connectivity index (χ3n) is 1.38. The Bertz CT molecular complexity index is 237. The number of nitrogens with one attached hydrogen (secondary N) is 1. The van der Waals surface area contributed by atoms with Crippen molar-refractivity contribution in [2.45, 2.75) is 12.2 Å². The summed E-state index contributed by atoms with van der Waals surface area (Å²) in [5.41, 5.74) is 5.36. The summed E-state index contributed by atoms with van der Waals surface area (Å²) in [6.07, 6.45) is 2.08. The zero-order valence-electron chi connectivity index (χ0n) is 7.07. The van der Waals surface area contributed by atoms with Crippen LogP contribution in [0.25, 0.3) is 0 Å². The number of rotatable bonds is 4. The van der Waals surface area contributed by atoms with E-state index in [9.17, 15) is 0 Å². The zero-order chi connectivity index (χ0) is 8.97. The molecular weight excluding hydrogens is 192 g/mol. The first-order valence-electron chi connectivity index (χ1n) is 3.58. The van der Waals surface area contributed by atoms with Crippen LogP contribution in [0.4, 0.5) is 11.1 Å². The molecule has 6 heteroatoms. The summed E-state index contributed by atoms with van der Waals surface area (Å²) in [6, 6.07) is 0. The predicted molar refractivity (Wildman–Crippen MR) is 55.8 cm³/mol. The van der Waals surface area contributed by atoms with E-state index < -0.39 is 0 Å². The Balaban J connectivity index is 2.33. The van der Waals surface area contributed by atoms with E-state index >= 15 is 0 Å². The van der Waals surface area contributed by atoms with Gasteiger partial charge in [-0.2, -0.15) is 21.1 Å². The summed E-state index contributed by atoms with van der Waals surface area (Å²) in [5, 5.41) is 4.54. The molecule has 0 aliphatic carbocycles. The first kappa shape index (κ1) is 9.60. The molecular formula is C6H12N4S2. The summed E-state index contributed by atoms with van der Waals surface area (Å²) < 4.78 is 3.86. The molecule has 0 amide bonds. The molecule has 4 nitrogen and oxygen atoms in total. The standard InChI is InChI=1S/C6H12N4S2/c1-4(11-2)3-8-6-9-5(7)10-12-6/h4H,3H2,1-2H3,(H3,7,8,9,10). The van der Waals surface area contributed by atoms with Gasteiger partial charge >= 0.3 is 0 Å². The first-order chi connectivity index (χ1) is 5.72. The van der Waals surface area contributed by atoms with Crippen LogP contribution in [0.1, 0.15) is 6.92 Å². The number of hydrogen-bond donors (Lipinski definition) is 2. The van der Waals surface area contributed by atoms with Crippen LogP contribution < -0.4 is 11.1 Å². The molecule has 1 atom stereocenters. The van der Waals surface area contributed by atoms with E-state index in [1.165, 1.54) is 11.5 Å². The second-order valence-electron chi connectivity index (χ2n) is 2.38. The molecule has 1 aromatic heterocycles. The van der Waals surface area contributed by atoms with Crippen molar-refractivity contribution < 1.29 is 0 Å². The largest absolute Gasteiger partial charge is 0.367 e. The average Bonchev–Trinajstić information content (AvgIpc) is 2.47. The van der Waals surface area contributed by atoms with Gasteiger partial charge < -0.3 is 11.1 Å². The Morgan fingerprint density at radius 2 is 2.50 bits per heavy atom. The Labute approximate surface area is 80.1 Å². The van der Waals surface area contributed by atoms with Gasteiger partial charge in [-0.3, -0.25) is 0 Å². The molecule has 0 spiro atoms. The lowest BCUT2D eigenvalue weighted by atomic mass is 10.5. The van der Waals surface area contributed by atoms with Crippen molar-refractivity contribution in [3.63, 3.8) is 0 Å². The Hall–Kier alpha value is -0.490. The van der Waals surface area contributed by atoms with E-state index in [-0.39, 0.29) is 0 Å². The molecule has 1 aromatic rings. The normalized spacial score (nSPS) is 12.8. The quantitative estimate of drug-likeness (QED) is 0.773. The molecule has 0 saturated carbocycles. The van der Waals surface area contributed by atoms with Gasteiger partial charge in [0.15, 0.2) is 0 Å². The Morgan fingerprint density at radius 3 is 3.00 bits per heavy atom. The van der Waals surface area contributed by atoms with Gasteiger partial charge in [-0.1, -0.05) is 6.92 Å². The number of nitrogens with two attached hydrogens (primary N) is 1. The van der Waals surface area contributed by atoms with Crippen LogP contribution in [-0.4, -0.2) is 27.4 Å². The van der Waals surface area contributed by atoms with Crippen molar-refractivity contribution >= 4 is 34.4 Å². The van der Waals surface area contributed by atoms with Crippen LogP contribution in [-0.2, 0) is 0 Å². The van der Waals surface area contributed by atoms with Gasteiger partial charge in [-0.15, -0.1) is 0 Å². The summed E-state index contributed by atoms with van der Waals surface area (Å²) >= 11 is 3.11. The fourth-order valence-corrected chi connectivity index (χ4v) is 1.37. The highest BCUT2D eigenvalue weighted by atomic mass is 32.2. The van der Waals surface area contributed by atoms with Gasteiger partial charge in [0, 0.05) is 23.3 Å². The van der Waals surface area contributed by atoms with Crippen molar-refractivity contribution in [1.29, 1.82) is 0 Å². The fraction of sp³-hybridized carbons (Fsp3) is 0.667. The summed E-state index contributed by atoms with van der Waals surface area (Å²) in [6.45, 7) is 3.05. The van der Waals surface area contributed by atoms with Crippen LogP contribution in [0.2, 0.25) is 0 Å². The lowest BCUT2D eigenvalue weighted by molar-refractivity contribution is 1.000. The number of anilines is 2. The molecule has 0 saturated heterocycles. The van der Waals surface area contributed by atoms with Crippen molar-refractivity contribution in [2.75, 3.05) is 23.9 Å². The fourth-order valence-electron chi connectivity index (χ4n) is 0.621. The SMILES string of the molecule is CSC(C)CNc1nc(N)ns1. The van der Waals surface area contributed by atoms with Crippen molar-refractivity contribution in [1.82, 2.24) is 9.36 Å². The van der Waals surface area contributed by atoms with Crippen LogP contribution in [0.15, 0.2) is 0 Å². The van der Waals surface area contributed by atoms with Gasteiger partial charge in [-0.25, -0.2) is 0 Å². The van der Waals surface area contributed by atoms with E-state index in [1.54, 1.807) is 0 Å².